The summed E-state index contributed by atoms with van der Waals surface area (Å²) in [6, 6.07) is 30.5. The molecular formula is C45H28N4. The van der Waals surface area contributed by atoms with E-state index >= 15 is 0 Å². The summed E-state index contributed by atoms with van der Waals surface area (Å²) in [6.45, 7) is 0. The third-order valence-electron chi connectivity index (χ3n) is 8.98. The van der Waals surface area contributed by atoms with Crippen molar-refractivity contribution in [2.24, 2.45) is 0 Å². The molecule has 0 aliphatic heterocycles. The summed E-state index contributed by atoms with van der Waals surface area (Å²) in [7, 11) is 0. The molecule has 10 aromatic rings. The van der Waals surface area contributed by atoms with Gasteiger partial charge in [0.15, 0.2) is 17.5 Å². The minimum atomic E-state index is -0.606. The molecule has 0 spiro atoms. The summed E-state index contributed by atoms with van der Waals surface area (Å²) in [4.78, 5) is 14.2. The largest absolute Gasteiger partial charge is 0.308 e. The van der Waals surface area contributed by atoms with Gasteiger partial charge in [0.1, 0.15) is 0 Å². The molecule has 0 atom stereocenters. The molecule has 8 aromatic carbocycles. The topological polar surface area (TPSA) is 43.6 Å². The molecule has 4 heteroatoms. The average molecular weight is 635 g/mol. The molecule has 228 valence electrons. The standard InChI is InChI=1S/C45H28N4/c1-4-14-29(15-5-1)32-20-12-21-33(28-32)49-39-25-13-24-36-34-22-10-11-23-35(34)37-26-27-38(42(49)41(37)40(36)39)45-47-43(30-16-6-2-7-17-30)46-44(48-45)31-18-8-3-9-19-31/h1-28H/i2D,3D,6D,7D,8D,9D,16D,17D,18D,19D. The van der Waals surface area contributed by atoms with Gasteiger partial charge in [-0.1, -0.05) is 145 Å². The van der Waals surface area contributed by atoms with Crippen molar-refractivity contribution in [2.45, 2.75) is 0 Å². The fourth-order valence-electron chi connectivity index (χ4n) is 6.94. The van der Waals surface area contributed by atoms with Crippen molar-refractivity contribution in [1.82, 2.24) is 19.5 Å². The van der Waals surface area contributed by atoms with Crippen molar-refractivity contribution in [3.05, 3.63) is 170 Å². The molecule has 0 N–H and O–H groups in total. The van der Waals surface area contributed by atoms with E-state index in [4.69, 9.17) is 23.7 Å². The lowest BCUT2D eigenvalue weighted by Gasteiger charge is -2.14. The van der Waals surface area contributed by atoms with Crippen LogP contribution in [-0.4, -0.2) is 19.5 Å². The maximum absolute atomic E-state index is 8.84. The molecule has 0 bridgehead atoms. The van der Waals surface area contributed by atoms with Crippen molar-refractivity contribution in [1.29, 1.82) is 0 Å². The summed E-state index contributed by atoms with van der Waals surface area (Å²) < 4.78 is 87.7. The molecule has 0 unspecified atom stereocenters. The van der Waals surface area contributed by atoms with Gasteiger partial charge in [-0.2, -0.15) is 0 Å². The van der Waals surface area contributed by atoms with Gasteiger partial charge >= 0.3 is 0 Å². The molecule has 0 saturated carbocycles. The zero-order chi connectivity index (χ0) is 41.0. The summed E-state index contributed by atoms with van der Waals surface area (Å²) in [5.41, 5.74) is 4.27. The maximum Gasteiger partial charge on any atom is 0.166 e. The first-order chi connectivity index (χ1) is 28.5. The molecule has 4 nitrogen and oxygen atoms in total. The Morgan fingerprint density at radius 3 is 1.69 bits per heavy atom. The summed E-state index contributed by atoms with van der Waals surface area (Å²) in [5.74, 6) is -0.644. The van der Waals surface area contributed by atoms with E-state index in [0.29, 0.717) is 11.1 Å². The molecule has 0 saturated heterocycles. The van der Waals surface area contributed by atoms with Gasteiger partial charge in [-0.05, 0) is 56.9 Å². The third kappa shape index (κ3) is 4.35. The Morgan fingerprint density at radius 2 is 1.00 bits per heavy atom. The van der Waals surface area contributed by atoms with E-state index in [9.17, 15) is 0 Å². The first kappa shape index (κ1) is 19.2. The molecule has 0 radical (unpaired) electrons. The fourth-order valence-corrected chi connectivity index (χ4v) is 6.94. The lowest BCUT2D eigenvalue weighted by Crippen LogP contribution is -2.02. The summed E-state index contributed by atoms with van der Waals surface area (Å²) >= 11 is 0. The van der Waals surface area contributed by atoms with E-state index in [-0.39, 0.29) is 28.6 Å². The zero-order valence-electron chi connectivity index (χ0n) is 35.7. The predicted molar refractivity (Wildman–Crippen MR) is 202 cm³/mol. The monoisotopic (exact) mass is 634 g/mol. The van der Waals surface area contributed by atoms with Crippen LogP contribution < -0.4 is 0 Å². The molecule has 0 fully saturated rings. The van der Waals surface area contributed by atoms with Gasteiger partial charge in [0, 0.05) is 33.2 Å². The number of nitrogens with zero attached hydrogens (tertiary/aromatic N) is 4. The number of benzene rings is 8. The second-order valence-corrected chi connectivity index (χ2v) is 11.7. The minimum absolute atomic E-state index is 0.00106. The first-order valence-corrected chi connectivity index (χ1v) is 15.7. The van der Waals surface area contributed by atoms with Gasteiger partial charge in [0.25, 0.3) is 0 Å². The highest BCUT2D eigenvalue weighted by molar-refractivity contribution is 6.35. The molecule has 0 amide bonds. The van der Waals surface area contributed by atoms with Gasteiger partial charge in [0.2, 0.25) is 0 Å². The van der Waals surface area contributed by atoms with Gasteiger partial charge in [-0.3, -0.25) is 0 Å². The lowest BCUT2D eigenvalue weighted by molar-refractivity contribution is 1.07. The Morgan fingerprint density at radius 1 is 0.429 bits per heavy atom. The number of hydrogen-bond donors (Lipinski definition) is 0. The Kier molecular flexibility index (Phi) is 4.31. The summed E-state index contributed by atoms with van der Waals surface area (Å²) in [6.07, 6.45) is 0. The van der Waals surface area contributed by atoms with Crippen molar-refractivity contribution >= 4 is 43.4 Å². The second kappa shape index (κ2) is 11.0. The van der Waals surface area contributed by atoms with Crippen LogP contribution in [0.3, 0.4) is 0 Å². The van der Waals surface area contributed by atoms with Crippen molar-refractivity contribution < 1.29 is 13.7 Å². The van der Waals surface area contributed by atoms with Gasteiger partial charge in [-0.25, -0.2) is 15.0 Å². The Labute approximate surface area is 297 Å². The zero-order valence-corrected chi connectivity index (χ0v) is 25.7. The highest BCUT2D eigenvalue weighted by atomic mass is 15.0. The quantitative estimate of drug-likeness (QED) is 0.177. The van der Waals surface area contributed by atoms with Crippen LogP contribution in [0.2, 0.25) is 0 Å². The van der Waals surface area contributed by atoms with E-state index in [1.54, 1.807) is 0 Å². The molecule has 0 aliphatic rings. The summed E-state index contributed by atoms with van der Waals surface area (Å²) in [5, 5.41) is 5.99. The maximum atomic E-state index is 8.84. The van der Waals surface area contributed by atoms with Crippen LogP contribution in [0, 0.1) is 0 Å². The highest BCUT2D eigenvalue weighted by Crippen LogP contribution is 2.46. The van der Waals surface area contributed by atoms with Crippen LogP contribution >= 0.6 is 0 Å². The van der Waals surface area contributed by atoms with E-state index in [1.165, 1.54) is 0 Å². The van der Waals surface area contributed by atoms with Crippen molar-refractivity contribution in [3.8, 4) is 51.0 Å². The first-order valence-electron chi connectivity index (χ1n) is 20.7. The van der Waals surface area contributed by atoms with Crippen molar-refractivity contribution in [2.75, 3.05) is 0 Å². The van der Waals surface area contributed by atoms with Crippen molar-refractivity contribution in [3.63, 3.8) is 0 Å². The normalized spacial score (nSPS) is 14.5. The predicted octanol–water partition coefficient (Wildman–Crippen LogP) is 11.4. The average Bonchev–Trinajstić information content (AvgIpc) is 3.62. The van der Waals surface area contributed by atoms with Crippen LogP contribution in [0.4, 0.5) is 0 Å². The smallest absolute Gasteiger partial charge is 0.166 e. The van der Waals surface area contributed by atoms with Crippen LogP contribution in [0.15, 0.2) is 170 Å². The molecule has 2 heterocycles. The van der Waals surface area contributed by atoms with Gasteiger partial charge in [-0.15, -0.1) is 0 Å². The fraction of sp³-hybridized carbons (Fsp3) is 0. The third-order valence-corrected chi connectivity index (χ3v) is 8.98. The molecule has 49 heavy (non-hydrogen) atoms. The highest BCUT2D eigenvalue weighted by Gasteiger charge is 2.24. The van der Waals surface area contributed by atoms with Crippen LogP contribution in [0.5, 0.6) is 0 Å². The van der Waals surface area contributed by atoms with E-state index in [2.05, 4.69) is 39.9 Å². The lowest BCUT2D eigenvalue weighted by atomic mass is 9.93. The van der Waals surface area contributed by atoms with Crippen LogP contribution in [-0.2, 0) is 0 Å². The number of fused-ring (bicyclic) bond motifs is 3. The van der Waals surface area contributed by atoms with Gasteiger partial charge in [0.05, 0.1) is 24.7 Å². The minimum Gasteiger partial charge on any atom is -0.308 e. The Hall–Kier alpha value is -6.65. The molecular weight excluding hydrogens is 597 g/mol. The second-order valence-electron chi connectivity index (χ2n) is 11.7. The SMILES string of the molecule is [2H]c1c([2H])c([2H])c(-c2nc(-c3c([2H])c([2H])c([2H])c([2H])c3[2H])nc(-c3ccc4c5ccccc5c5cccc6c5c4c3n6-c3cccc(-c4ccccc4)c3)n2)c([2H])c1[2H]. The number of hydrogen-bond acceptors (Lipinski definition) is 3. The molecule has 0 aliphatic carbocycles. The molecule has 2 aromatic heterocycles. The Bertz CT molecular complexity index is 3260. The van der Waals surface area contributed by atoms with E-state index in [1.807, 2.05) is 78.9 Å². The Balaban J connectivity index is 1.38. The van der Waals surface area contributed by atoms with E-state index in [0.717, 1.165) is 54.6 Å². The number of aromatic nitrogens is 4. The van der Waals surface area contributed by atoms with Gasteiger partial charge < -0.3 is 4.57 Å². The molecule has 10 rings (SSSR count). The number of rotatable bonds is 5. The van der Waals surface area contributed by atoms with E-state index < -0.39 is 60.4 Å². The van der Waals surface area contributed by atoms with Crippen LogP contribution in [0.25, 0.3) is 94.3 Å². The van der Waals surface area contributed by atoms with Crippen LogP contribution in [0.1, 0.15) is 13.7 Å².